The fraction of sp³-hybridized carbons (Fsp3) is 0.188. The normalized spacial score (nSPS) is 10.2. The van der Waals surface area contributed by atoms with E-state index in [9.17, 15) is 9.90 Å². The highest BCUT2D eigenvalue weighted by atomic mass is 32.2. The van der Waals surface area contributed by atoms with Crippen LogP contribution in [0.1, 0.15) is 17.3 Å². The highest BCUT2D eigenvalue weighted by Gasteiger charge is 2.16. The van der Waals surface area contributed by atoms with Crippen molar-refractivity contribution in [1.29, 1.82) is 0 Å². The van der Waals surface area contributed by atoms with Crippen LogP contribution < -0.4 is 9.47 Å². The average Bonchev–Trinajstić information content (AvgIpc) is 2.49. The highest BCUT2D eigenvalue weighted by Crippen LogP contribution is 2.32. The second-order valence-corrected chi connectivity index (χ2v) is 4.99. The van der Waals surface area contributed by atoms with Crippen LogP contribution in [0, 0.1) is 0 Å². The van der Waals surface area contributed by atoms with Crippen molar-refractivity contribution in [2.45, 2.75) is 11.8 Å². The van der Waals surface area contributed by atoms with E-state index < -0.39 is 5.97 Å². The van der Waals surface area contributed by atoms with Crippen molar-refractivity contribution in [2.75, 3.05) is 12.9 Å². The predicted molar refractivity (Wildman–Crippen MR) is 82.9 cm³/mol. The molecule has 0 heterocycles. The number of carbonyl (C=O) groups is 1. The lowest BCUT2D eigenvalue weighted by atomic mass is 10.2. The third-order valence-corrected chi connectivity index (χ3v) is 3.56. The first kappa shape index (κ1) is 15.3. The van der Waals surface area contributed by atoms with E-state index in [1.165, 1.54) is 11.8 Å². The van der Waals surface area contributed by atoms with Gasteiger partial charge in [-0.15, -0.1) is 11.8 Å². The standard InChI is InChI=1S/C16H16O4S/c1-3-19-11-7-9-12(10-8-11)20-13-5-4-6-14(21-2)15(13)16(17)18/h4-10H,3H2,1-2H3,(H,17,18). The van der Waals surface area contributed by atoms with E-state index in [1.807, 2.05) is 13.2 Å². The molecule has 0 amide bonds. The highest BCUT2D eigenvalue weighted by molar-refractivity contribution is 7.98. The second-order valence-electron chi connectivity index (χ2n) is 4.15. The smallest absolute Gasteiger partial charge is 0.340 e. The number of ether oxygens (including phenoxy) is 2. The lowest BCUT2D eigenvalue weighted by Crippen LogP contribution is -2.02. The van der Waals surface area contributed by atoms with Crippen LogP contribution in [0.2, 0.25) is 0 Å². The number of hydrogen-bond acceptors (Lipinski definition) is 4. The van der Waals surface area contributed by atoms with Gasteiger partial charge in [-0.05, 0) is 49.6 Å². The molecule has 2 aromatic carbocycles. The molecule has 2 rings (SSSR count). The predicted octanol–water partition coefficient (Wildman–Crippen LogP) is 4.30. The zero-order chi connectivity index (χ0) is 15.2. The van der Waals surface area contributed by atoms with Gasteiger partial charge >= 0.3 is 5.97 Å². The monoisotopic (exact) mass is 304 g/mol. The molecule has 0 aliphatic rings. The summed E-state index contributed by atoms with van der Waals surface area (Å²) in [5, 5.41) is 9.36. The van der Waals surface area contributed by atoms with Crippen molar-refractivity contribution < 1.29 is 19.4 Å². The Labute approximate surface area is 127 Å². The van der Waals surface area contributed by atoms with Gasteiger partial charge in [0, 0.05) is 4.90 Å². The van der Waals surface area contributed by atoms with Gasteiger partial charge in [-0.2, -0.15) is 0 Å². The molecule has 0 spiro atoms. The molecule has 2 aromatic rings. The molecule has 4 nitrogen and oxygen atoms in total. The van der Waals surface area contributed by atoms with Crippen molar-refractivity contribution in [3.63, 3.8) is 0 Å². The first-order valence-corrected chi connectivity index (χ1v) is 7.69. The largest absolute Gasteiger partial charge is 0.494 e. The molecule has 0 atom stereocenters. The van der Waals surface area contributed by atoms with Gasteiger partial charge in [-0.25, -0.2) is 4.79 Å². The number of aromatic carboxylic acids is 1. The van der Waals surface area contributed by atoms with Crippen molar-refractivity contribution in [3.8, 4) is 17.2 Å². The molecule has 0 saturated carbocycles. The molecule has 0 aromatic heterocycles. The fourth-order valence-corrected chi connectivity index (χ4v) is 2.48. The average molecular weight is 304 g/mol. The first-order chi connectivity index (χ1) is 10.2. The number of carboxylic acid groups (broad SMARTS) is 1. The van der Waals surface area contributed by atoms with Gasteiger partial charge in [0.2, 0.25) is 0 Å². The van der Waals surface area contributed by atoms with Crippen LogP contribution in [0.5, 0.6) is 17.2 Å². The Balaban J connectivity index is 2.28. The van der Waals surface area contributed by atoms with E-state index in [4.69, 9.17) is 9.47 Å². The van der Waals surface area contributed by atoms with Gasteiger partial charge in [0.15, 0.2) is 0 Å². The summed E-state index contributed by atoms with van der Waals surface area (Å²) in [6, 6.07) is 12.3. The third kappa shape index (κ3) is 3.70. The molecular formula is C16H16O4S. The Morgan fingerprint density at radius 3 is 2.38 bits per heavy atom. The molecule has 0 radical (unpaired) electrons. The molecule has 5 heteroatoms. The number of hydrogen-bond donors (Lipinski definition) is 1. The third-order valence-electron chi connectivity index (χ3n) is 2.78. The van der Waals surface area contributed by atoms with Crippen molar-refractivity contribution in [3.05, 3.63) is 48.0 Å². The van der Waals surface area contributed by atoms with Crippen LogP contribution in [-0.2, 0) is 0 Å². The summed E-state index contributed by atoms with van der Waals surface area (Å²) in [5.41, 5.74) is 0.180. The minimum Gasteiger partial charge on any atom is -0.494 e. The summed E-state index contributed by atoms with van der Waals surface area (Å²) in [6.45, 7) is 2.51. The van der Waals surface area contributed by atoms with Crippen LogP contribution in [-0.4, -0.2) is 23.9 Å². The van der Waals surface area contributed by atoms with Gasteiger partial charge in [-0.1, -0.05) is 6.07 Å². The topological polar surface area (TPSA) is 55.8 Å². The van der Waals surface area contributed by atoms with Crippen LogP contribution in [0.4, 0.5) is 0 Å². The van der Waals surface area contributed by atoms with E-state index in [0.29, 0.717) is 23.0 Å². The Morgan fingerprint density at radius 2 is 1.81 bits per heavy atom. The molecule has 0 aliphatic heterocycles. The lowest BCUT2D eigenvalue weighted by molar-refractivity contribution is 0.0690. The van der Waals surface area contributed by atoms with E-state index >= 15 is 0 Å². The Hall–Kier alpha value is -2.14. The summed E-state index contributed by atoms with van der Waals surface area (Å²) in [5.74, 6) is 0.653. The molecule has 1 N–H and O–H groups in total. The van der Waals surface area contributed by atoms with Gasteiger partial charge in [-0.3, -0.25) is 0 Å². The summed E-state index contributed by atoms with van der Waals surface area (Å²) in [6.07, 6.45) is 1.84. The molecule has 0 bridgehead atoms. The van der Waals surface area contributed by atoms with Crippen LogP contribution in [0.15, 0.2) is 47.4 Å². The van der Waals surface area contributed by atoms with Gasteiger partial charge in [0.25, 0.3) is 0 Å². The summed E-state index contributed by atoms with van der Waals surface area (Å²) < 4.78 is 11.1. The Morgan fingerprint density at radius 1 is 1.14 bits per heavy atom. The van der Waals surface area contributed by atoms with Gasteiger partial charge in [0.05, 0.1) is 6.61 Å². The molecular weight excluding hydrogens is 288 g/mol. The number of rotatable bonds is 6. The zero-order valence-electron chi connectivity index (χ0n) is 11.8. The minimum atomic E-state index is -0.999. The molecule has 0 aliphatic carbocycles. The number of carboxylic acids is 1. The van der Waals surface area contributed by atoms with Gasteiger partial charge < -0.3 is 14.6 Å². The molecule has 0 unspecified atom stereocenters. The fourth-order valence-electron chi connectivity index (χ4n) is 1.87. The van der Waals surface area contributed by atoms with E-state index in [1.54, 1.807) is 42.5 Å². The maximum absolute atomic E-state index is 11.4. The van der Waals surface area contributed by atoms with E-state index in [0.717, 1.165) is 5.75 Å². The van der Waals surface area contributed by atoms with Gasteiger partial charge in [0.1, 0.15) is 22.8 Å². The molecule has 0 saturated heterocycles. The summed E-state index contributed by atoms with van der Waals surface area (Å²) in [4.78, 5) is 12.1. The molecule has 0 fully saturated rings. The van der Waals surface area contributed by atoms with Crippen LogP contribution in [0.3, 0.4) is 0 Å². The van der Waals surface area contributed by atoms with Crippen molar-refractivity contribution in [2.24, 2.45) is 0 Å². The Kier molecular flexibility index (Phi) is 5.11. The molecule has 21 heavy (non-hydrogen) atoms. The summed E-state index contributed by atoms with van der Waals surface area (Å²) >= 11 is 1.38. The van der Waals surface area contributed by atoms with Crippen molar-refractivity contribution >= 4 is 17.7 Å². The number of thioether (sulfide) groups is 1. The first-order valence-electron chi connectivity index (χ1n) is 6.46. The maximum atomic E-state index is 11.4. The minimum absolute atomic E-state index is 0.180. The Bertz CT molecular complexity index is 623. The molecule has 110 valence electrons. The maximum Gasteiger partial charge on any atom is 0.340 e. The van der Waals surface area contributed by atoms with Crippen molar-refractivity contribution in [1.82, 2.24) is 0 Å². The summed E-state index contributed by atoms with van der Waals surface area (Å²) in [7, 11) is 0. The van der Waals surface area contributed by atoms with E-state index in [2.05, 4.69) is 0 Å². The lowest BCUT2D eigenvalue weighted by Gasteiger charge is -2.12. The second kappa shape index (κ2) is 7.04. The zero-order valence-corrected chi connectivity index (χ0v) is 12.6. The van der Waals surface area contributed by atoms with Crippen LogP contribution in [0.25, 0.3) is 0 Å². The van der Waals surface area contributed by atoms with Crippen LogP contribution >= 0.6 is 11.8 Å². The number of benzene rings is 2. The van der Waals surface area contributed by atoms with E-state index in [-0.39, 0.29) is 5.56 Å². The quantitative estimate of drug-likeness (QED) is 0.806. The SMILES string of the molecule is CCOc1ccc(Oc2cccc(SC)c2C(=O)O)cc1.